The Morgan fingerprint density at radius 1 is 1.04 bits per heavy atom. The molecule has 4 rings (SSSR count). The fraction of sp³-hybridized carbons (Fsp3) is 0.316. The van der Waals surface area contributed by atoms with Crippen LogP contribution < -0.4 is 4.74 Å². The Bertz CT molecular complexity index is 952. The zero-order valence-electron chi connectivity index (χ0n) is 15.7. The molecule has 148 valence electrons. The highest BCUT2D eigenvalue weighted by Gasteiger charge is 2.35. The summed E-state index contributed by atoms with van der Waals surface area (Å²) in [5.41, 5.74) is 1.59. The Kier molecular flexibility index (Phi) is 5.45. The first-order valence-electron chi connectivity index (χ1n) is 8.91. The largest absolute Gasteiger partial charge is 0.454 e. The molecule has 1 fully saturated rings. The van der Waals surface area contributed by atoms with E-state index in [9.17, 15) is 4.57 Å². The summed E-state index contributed by atoms with van der Waals surface area (Å²) in [6, 6.07) is 13.2. The van der Waals surface area contributed by atoms with Crippen molar-refractivity contribution in [3.63, 3.8) is 0 Å². The number of fused-ring (bicyclic) bond motifs is 2. The van der Waals surface area contributed by atoms with Gasteiger partial charge in [0, 0.05) is 45.4 Å². The summed E-state index contributed by atoms with van der Waals surface area (Å²) >= 11 is 6.17. The second-order valence-electron chi connectivity index (χ2n) is 6.42. The number of hydrogen-bond acceptors (Lipinski definition) is 6. The molecule has 0 amide bonds. The van der Waals surface area contributed by atoms with Gasteiger partial charge in [-0.3, -0.25) is 9.05 Å². The highest BCUT2D eigenvalue weighted by Crippen LogP contribution is 2.50. The van der Waals surface area contributed by atoms with Crippen LogP contribution in [-0.4, -0.2) is 55.8 Å². The smallest absolute Gasteiger partial charge is 0.407 e. The van der Waals surface area contributed by atoms with Gasteiger partial charge in [-0.05, 0) is 30.3 Å². The summed E-state index contributed by atoms with van der Waals surface area (Å²) in [6.07, 6.45) is 0. The molecule has 0 atom stereocenters. The lowest BCUT2D eigenvalue weighted by atomic mass is 10.1. The maximum atomic E-state index is 12.6. The van der Waals surface area contributed by atoms with E-state index in [1.165, 1.54) is 14.2 Å². The van der Waals surface area contributed by atoms with E-state index in [2.05, 4.69) is 4.90 Å². The molecule has 2 aromatic rings. The first-order valence-corrected chi connectivity index (χ1v) is 10.8. The minimum atomic E-state index is -3.23. The molecule has 2 aliphatic heterocycles. The van der Waals surface area contributed by atoms with Crippen molar-refractivity contribution in [3.8, 4) is 11.5 Å². The average molecular weight is 422 g/mol. The molecule has 0 spiro atoms. The van der Waals surface area contributed by atoms with E-state index in [1.807, 2.05) is 30.3 Å². The third-order valence-electron chi connectivity index (χ3n) is 4.86. The molecule has 7 nitrogen and oxygen atoms in total. The fourth-order valence-electron chi connectivity index (χ4n) is 3.40. The maximum absolute atomic E-state index is 12.6. The van der Waals surface area contributed by atoms with Crippen molar-refractivity contribution in [2.45, 2.75) is 0 Å². The van der Waals surface area contributed by atoms with Crippen LogP contribution in [0.15, 0.2) is 47.5 Å². The first-order chi connectivity index (χ1) is 13.5. The Morgan fingerprint density at radius 2 is 1.75 bits per heavy atom. The van der Waals surface area contributed by atoms with Crippen LogP contribution in [0.5, 0.6) is 11.5 Å². The molecule has 2 heterocycles. The number of amidine groups is 1. The highest BCUT2D eigenvalue weighted by molar-refractivity contribution is 7.51. The van der Waals surface area contributed by atoms with Gasteiger partial charge < -0.3 is 9.64 Å². The van der Waals surface area contributed by atoms with Crippen LogP contribution in [0.1, 0.15) is 5.56 Å². The molecule has 1 saturated heterocycles. The van der Waals surface area contributed by atoms with E-state index in [-0.39, 0.29) is 0 Å². The third kappa shape index (κ3) is 3.56. The first kappa shape index (κ1) is 19.4. The fourth-order valence-corrected chi connectivity index (χ4v) is 4.84. The molecular weight excluding hydrogens is 401 g/mol. The predicted octanol–water partition coefficient (Wildman–Crippen LogP) is 4.54. The van der Waals surface area contributed by atoms with Crippen molar-refractivity contribution in [3.05, 3.63) is 53.1 Å². The van der Waals surface area contributed by atoms with Crippen LogP contribution in [0.4, 0.5) is 5.69 Å². The van der Waals surface area contributed by atoms with Crippen molar-refractivity contribution in [1.82, 2.24) is 9.57 Å². The van der Waals surface area contributed by atoms with E-state index in [4.69, 9.17) is 30.4 Å². The molecule has 2 aromatic carbocycles. The molecule has 0 N–H and O–H groups in total. The molecule has 0 saturated carbocycles. The van der Waals surface area contributed by atoms with Crippen molar-refractivity contribution in [2.24, 2.45) is 4.99 Å². The van der Waals surface area contributed by atoms with Crippen molar-refractivity contribution < 1.29 is 18.3 Å². The number of hydrogen-bond donors (Lipinski definition) is 0. The summed E-state index contributed by atoms with van der Waals surface area (Å²) < 4.78 is 30.7. The third-order valence-corrected chi connectivity index (χ3v) is 7.11. The maximum Gasteiger partial charge on any atom is 0.407 e. The molecule has 0 bridgehead atoms. The number of halogens is 1. The Balaban J connectivity index is 1.67. The lowest BCUT2D eigenvalue weighted by Crippen LogP contribution is -2.47. The van der Waals surface area contributed by atoms with Gasteiger partial charge in [0.15, 0.2) is 5.75 Å². The number of rotatable bonds is 3. The quantitative estimate of drug-likeness (QED) is 0.678. The zero-order valence-corrected chi connectivity index (χ0v) is 17.3. The van der Waals surface area contributed by atoms with Gasteiger partial charge in [-0.25, -0.2) is 14.2 Å². The van der Waals surface area contributed by atoms with Crippen LogP contribution in [-0.2, 0) is 13.6 Å². The number of ether oxygens (including phenoxy) is 1. The molecule has 9 heteroatoms. The topological polar surface area (TPSA) is 63.6 Å². The van der Waals surface area contributed by atoms with Gasteiger partial charge in [-0.2, -0.15) is 0 Å². The van der Waals surface area contributed by atoms with Crippen LogP contribution in [0.25, 0.3) is 0 Å². The van der Waals surface area contributed by atoms with E-state index in [0.29, 0.717) is 42.6 Å². The molecule has 2 aliphatic rings. The van der Waals surface area contributed by atoms with Gasteiger partial charge in [0.2, 0.25) is 0 Å². The number of aliphatic imine (C=N–C) groups is 1. The van der Waals surface area contributed by atoms with E-state index < -0.39 is 7.75 Å². The van der Waals surface area contributed by atoms with E-state index in [0.717, 1.165) is 17.1 Å². The van der Waals surface area contributed by atoms with Gasteiger partial charge in [-0.15, -0.1) is 0 Å². The molecular formula is C19H21ClN3O4P. The second-order valence-corrected chi connectivity index (χ2v) is 9.09. The average Bonchev–Trinajstić information content (AvgIpc) is 2.90. The van der Waals surface area contributed by atoms with Crippen LogP contribution >= 0.6 is 19.3 Å². The predicted molar refractivity (Wildman–Crippen MR) is 109 cm³/mol. The molecule has 0 aromatic heterocycles. The summed E-state index contributed by atoms with van der Waals surface area (Å²) in [5, 5.41) is 0.599. The number of nitrogens with zero attached hydrogens (tertiary/aromatic N) is 3. The lowest BCUT2D eigenvalue weighted by Gasteiger charge is -2.38. The van der Waals surface area contributed by atoms with Crippen LogP contribution in [0.3, 0.4) is 0 Å². The summed E-state index contributed by atoms with van der Waals surface area (Å²) in [7, 11) is -0.427. The Labute approximate surface area is 169 Å². The van der Waals surface area contributed by atoms with Gasteiger partial charge in [0.25, 0.3) is 0 Å². The van der Waals surface area contributed by atoms with Crippen molar-refractivity contribution >= 4 is 30.9 Å². The molecule has 28 heavy (non-hydrogen) atoms. The number of benzene rings is 2. The van der Waals surface area contributed by atoms with Gasteiger partial charge in [0.05, 0.1) is 5.56 Å². The Morgan fingerprint density at radius 3 is 2.46 bits per heavy atom. The Hall–Kier alpha value is -1.89. The van der Waals surface area contributed by atoms with Crippen LogP contribution in [0.2, 0.25) is 5.02 Å². The monoisotopic (exact) mass is 421 g/mol. The van der Waals surface area contributed by atoms with Gasteiger partial charge in [-0.1, -0.05) is 23.7 Å². The lowest BCUT2D eigenvalue weighted by molar-refractivity contribution is 0.175. The molecule has 0 radical (unpaired) electrons. The van der Waals surface area contributed by atoms with Crippen LogP contribution in [0, 0.1) is 0 Å². The standard InChI is InChI=1S/C19H21ClN3O4P/c1-25-28(24,26-2)23-11-9-22(10-12-23)19-15-5-3-4-6-17(15)27-18-8-7-14(20)13-16(18)21-19/h3-8,13H,9-12H2,1-2H3. The van der Waals surface area contributed by atoms with Crippen molar-refractivity contribution in [2.75, 3.05) is 40.4 Å². The zero-order chi connectivity index (χ0) is 19.7. The number of para-hydroxylation sites is 1. The summed E-state index contributed by atoms with van der Waals surface area (Å²) in [6.45, 7) is 2.31. The second kappa shape index (κ2) is 7.85. The minimum Gasteiger partial charge on any atom is -0.454 e. The summed E-state index contributed by atoms with van der Waals surface area (Å²) in [4.78, 5) is 7.03. The highest BCUT2D eigenvalue weighted by atomic mass is 35.5. The molecule has 0 aliphatic carbocycles. The number of piperazine rings is 1. The minimum absolute atomic E-state index is 0.531. The van der Waals surface area contributed by atoms with Gasteiger partial charge >= 0.3 is 7.75 Å². The van der Waals surface area contributed by atoms with Crippen molar-refractivity contribution in [1.29, 1.82) is 0 Å². The van der Waals surface area contributed by atoms with E-state index >= 15 is 0 Å². The summed E-state index contributed by atoms with van der Waals surface area (Å²) in [5.74, 6) is 2.21. The normalized spacial score (nSPS) is 17.2. The van der Waals surface area contributed by atoms with Gasteiger partial charge in [0.1, 0.15) is 17.3 Å². The SMILES string of the molecule is COP(=O)(OC)N1CCN(C2=Nc3cc(Cl)ccc3Oc3ccccc32)CC1. The van der Waals surface area contributed by atoms with E-state index in [1.54, 1.807) is 16.8 Å². The molecule has 0 unspecified atom stereocenters.